The van der Waals surface area contributed by atoms with E-state index < -0.39 is 13.5 Å². The third kappa shape index (κ3) is 2.30. The van der Waals surface area contributed by atoms with Crippen LogP contribution in [0.5, 0.6) is 0 Å². The lowest BCUT2D eigenvalue weighted by Crippen LogP contribution is -2.07. The number of hydrogen-bond donors (Lipinski definition) is 1. The minimum atomic E-state index is -2.69. The fraction of sp³-hybridized carbons (Fsp3) is 0.500. The molecule has 0 atom stereocenters. The smallest absolute Gasteiger partial charge is 0.211 e. The average Bonchev–Trinajstić information content (AvgIpc) is 1.36. The van der Waals surface area contributed by atoms with E-state index in [4.69, 9.17) is 5.11 Å². The van der Waals surface area contributed by atoms with Gasteiger partial charge in [0.25, 0.3) is 0 Å². The molecule has 3 nitrogen and oxygen atoms in total. The molecule has 1 N–H and O–H groups in total. The summed E-state index contributed by atoms with van der Waals surface area (Å²) in [6.45, 7) is 1.12. The summed E-state index contributed by atoms with van der Waals surface area (Å²) in [4.78, 5) is 18.9. The number of rotatable bonds is 0. The molecule has 0 aliphatic rings. The number of aliphatic hydroxyl groups is 1. The van der Waals surface area contributed by atoms with Crippen molar-refractivity contribution in [3.05, 3.63) is 0 Å². The Bertz CT molecular complexity index is 58.9. The van der Waals surface area contributed by atoms with Crippen molar-refractivity contribution < 1.29 is 14.9 Å². The van der Waals surface area contributed by atoms with E-state index in [1.807, 2.05) is 0 Å². The Hall–Kier alpha value is 0.0500. The maximum absolute atomic E-state index is 9.45. The Morgan fingerprint density at radius 2 is 1.83 bits per heavy atom. The Morgan fingerprint density at radius 3 is 1.83 bits per heavy atom. The fourth-order valence-electron chi connectivity index (χ4n) is 0. The van der Waals surface area contributed by atoms with Crippen LogP contribution in [0, 0.1) is 0 Å². The molecule has 0 saturated heterocycles. The SMILES string of the molecule is CC(O)=[P+]([O-])[O-]. The van der Waals surface area contributed by atoms with E-state index in [-0.39, 0.29) is 0 Å². The molecule has 0 aromatic carbocycles. The van der Waals surface area contributed by atoms with Gasteiger partial charge in [0.05, 0.1) is 0 Å². The van der Waals surface area contributed by atoms with Crippen molar-refractivity contribution in [3.63, 3.8) is 0 Å². The van der Waals surface area contributed by atoms with Gasteiger partial charge in [-0.25, -0.2) is 0 Å². The normalized spacial score (nSPS) is 8.00. The van der Waals surface area contributed by atoms with Crippen LogP contribution >= 0.6 is 8.00 Å². The van der Waals surface area contributed by atoms with Crippen molar-refractivity contribution in [3.8, 4) is 0 Å². The molecule has 0 radical (unpaired) electrons. The number of aliphatic hydroxyl groups excluding tert-OH is 1. The molecule has 0 spiro atoms. The zero-order valence-electron chi connectivity index (χ0n) is 3.21. The van der Waals surface area contributed by atoms with Crippen LogP contribution in [0.15, 0.2) is 0 Å². The highest BCUT2D eigenvalue weighted by atomic mass is 31.1. The topological polar surface area (TPSA) is 66.3 Å². The molecule has 0 rings (SSSR count). The van der Waals surface area contributed by atoms with Gasteiger partial charge in [-0.2, -0.15) is 0 Å². The van der Waals surface area contributed by atoms with E-state index in [0.717, 1.165) is 6.92 Å². The molecular formula is C2H4O3P-. The first-order valence-electron chi connectivity index (χ1n) is 1.31. The molecule has 0 heterocycles. The Balaban J connectivity index is 3.68. The molecule has 0 fully saturated rings. The first-order valence-corrected chi connectivity index (χ1v) is 2.49. The average molecular weight is 107 g/mol. The van der Waals surface area contributed by atoms with Crippen LogP contribution in [0.1, 0.15) is 6.92 Å². The van der Waals surface area contributed by atoms with Crippen LogP contribution in [0.4, 0.5) is 0 Å². The lowest BCUT2D eigenvalue weighted by Gasteiger charge is -1.95. The van der Waals surface area contributed by atoms with Gasteiger partial charge in [0.15, 0.2) is 0 Å². The minimum Gasteiger partial charge on any atom is -0.632 e. The molecule has 0 aromatic heterocycles. The molecule has 0 aliphatic carbocycles. The van der Waals surface area contributed by atoms with Gasteiger partial charge in [-0.05, 0) is 0 Å². The molecule has 0 aliphatic heterocycles. The summed E-state index contributed by atoms with van der Waals surface area (Å²) in [7, 11) is -2.69. The Labute approximate surface area is 36.4 Å². The zero-order chi connectivity index (χ0) is 5.15. The van der Waals surface area contributed by atoms with Crippen molar-refractivity contribution in [1.29, 1.82) is 0 Å². The Kier molecular flexibility index (Phi) is 2.28. The Morgan fingerprint density at radius 1 is 1.67 bits per heavy atom. The van der Waals surface area contributed by atoms with Gasteiger partial charge in [0.2, 0.25) is 5.48 Å². The van der Waals surface area contributed by atoms with Crippen LogP contribution < -0.4 is 9.79 Å². The van der Waals surface area contributed by atoms with Crippen molar-refractivity contribution in [2.45, 2.75) is 6.92 Å². The van der Waals surface area contributed by atoms with Crippen LogP contribution in [0.2, 0.25) is 0 Å². The van der Waals surface area contributed by atoms with Crippen LogP contribution in [-0.4, -0.2) is 10.6 Å². The third-order valence-electron chi connectivity index (χ3n) is 0.264. The fourth-order valence-corrected chi connectivity index (χ4v) is 0. The summed E-state index contributed by atoms with van der Waals surface area (Å²) < 4.78 is 0. The molecule has 36 valence electrons. The quantitative estimate of drug-likeness (QED) is 0.385. The highest BCUT2D eigenvalue weighted by Crippen LogP contribution is 1.93. The first-order chi connectivity index (χ1) is 2.64. The van der Waals surface area contributed by atoms with Gasteiger partial charge in [-0.1, -0.05) is 0 Å². The molecule has 0 bridgehead atoms. The van der Waals surface area contributed by atoms with Crippen molar-refractivity contribution in [1.82, 2.24) is 0 Å². The summed E-state index contributed by atoms with van der Waals surface area (Å²) >= 11 is 0. The van der Waals surface area contributed by atoms with Gasteiger partial charge in [-0.3, -0.25) is 0 Å². The van der Waals surface area contributed by atoms with E-state index in [9.17, 15) is 9.79 Å². The lowest BCUT2D eigenvalue weighted by atomic mass is 10.9. The van der Waals surface area contributed by atoms with Crippen molar-refractivity contribution in [2.75, 3.05) is 0 Å². The van der Waals surface area contributed by atoms with E-state index in [2.05, 4.69) is 0 Å². The monoisotopic (exact) mass is 107 g/mol. The molecule has 6 heavy (non-hydrogen) atoms. The highest BCUT2D eigenvalue weighted by molar-refractivity contribution is 7.43. The van der Waals surface area contributed by atoms with Crippen molar-refractivity contribution in [2.24, 2.45) is 0 Å². The van der Waals surface area contributed by atoms with E-state index >= 15 is 0 Å². The lowest BCUT2D eigenvalue weighted by molar-refractivity contribution is -0.282. The molecule has 0 aromatic rings. The predicted octanol–water partition coefficient (Wildman–Crippen LogP) is -1.46. The maximum Gasteiger partial charge on any atom is 0.211 e. The van der Waals surface area contributed by atoms with Gasteiger partial charge in [0, 0.05) is 14.9 Å². The summed E-state index contributed by atoms with van der Waals surface area (Å²) in [5, 5.41) is 7.95. The second-order valence-corrected chi connectivity index (χ2v) is 1.97. The zero-order valence-corrected chi connectivity index (χ0v) is 4.11. The minimum absolute atomic E-state index is 0.537. The summed E-state index contributed by atoms with van der Waals surface area (Å²) in [5.41, 5.74) is -0.537. The summed E-state index contributed by atoms with van der Waals surface area (Å²) in [6, 6.07) is 0. The molecule has 0 saturated carbocycles. The molecule has 0 unspecified atom stereocenters. The van der Waals surface area contributed by atoms with E-state index in [1.54, 1.807) is 0 Å². The van der Waals surface area contributed by atoms with Gasteiger partial charge < -0.3 is 14.9 Å². The molecule has 0 amide bonds. The van der Waals surface area contributed by atoms with Crippen molar-refractivity contribution >= 4 is 13.5 Å². The van der Waals surface area contributed by atoms with E-state index in [1.165, 1.54) is 0 Å². The second kappa shape index (κ2) is 2.26. The summed E-state index contributed by atoms with van der Waals surface area (Å²) in [5.74, 6) is 0. The predicted molar refractivity (Wildman–Crippen MR) is 19.5 cm³/mol. The van der Waals surface area contributed by atoms with Gasteiger partial charge in [0.1, 0.15) is 0 Å². The molecular weight excluding hydrogens is 103 g/mol. The van der Waals surface area contributed by atoms with Crippen LogP contribution in [0.3, 0.4) is 0 Å². The van der Waals surface area contributed by atoms with Crippen LogP contribution in [-0.2, 0) is 0 Å². The maximum atomic E-state index is 9.45. The van der Waals surface area contributed by atoms with Gasteiger partial charge in [-0.15, -0.1) is 0 Å². The number of hydrogen-bond acceptors (Lipinski definition) is 2. The molecule has 4 heteroatoms. The second-order valence-electron chi connectivity index (χ2n) is 0.804. The standard InChI is InChI=1S/C2H5O3P/c1-2(3)6(4)5/h3H,1H3,(H,4,5)/p-1. The summed E-state index contributed by atoms with van der Waals surface area (Å²) in [6.07, 6.45) is 0. The first kappa shape index (κ1) is 6.05. The van der Waals surface area contributed by atoms with Gasteiger partial charge >= 0.3 is 0 Å². The van der Waals surface area contributed by atoms with Crippen LogP contribution in [0.25, 0.3) is 0 Å². The third-order valence-corrected chi connectivity index (χ3v) is 0.793. The van der Waals surface area contributed by atoms with E-state index in [0.29, 0.717) is 0 Å². The largest absolute Gasteiger partial charge is 0.632 e. The highest BCUT2D eigenvalue weighted by Gasteiger charge is 1.79.